The number of carbonyl (C=O) groups excluding carboxylic acids is 2. The largest absolute Gasteiger partial charge is 0.508 e. The molecular formula is C22H19N3O5. The van der Waals surface area contributed by atoms with Crippen LogP contribution in [0.5, 0.6) is 5.75 Å². The van der Waals surface area contributed by atoms with Crippen LogP contribution < -0.4 is 11.4 Å². The first-order chi connectivity index (χ1) is 14.3. The van der Waals surface area contributed by atoms with Crippen LogP contribution in [0.2, 0.25) is 0 Å². The van der Waals surface area contributed by atoms with Crippen molar-refractivity contribution in [1.29, 1.82) is 0 Å². The van der Waals surface area contributed by atoms with Gasteiger partial charge in [-0.15, -0.1) is 0 Å². The molecule has 8 heteroatoms. The molecule has 8 nitrogen and oxygen atoms in total. The highest BCUT2D eigenvalue weighted by Crippen LogP contribution is 2.49. The third kappa shape index (κ3) is 2.33. The predicted molar refractivity (Wildman–Crippen MR) is 107 cm³/mol. The lowest BCUT2D eigenvalue weighted by molar-refractivity contribution is -0.116. The van der Waals surface area contributed by atoms with Gasteiger partial charge in [0.25, 0.3) is 0 Å². The zero-order valence-corrected chi connectivity index (χ0v) is 16.5. The lowest BCUT2D eigenvalue weighted by Crippen LogP contribution is -2.40. The summed E-state index contributed by atoms with van der Waals surface area (Å²) in [6, 6.07) is 6.01. The van der Waals surface area contributed by atoms with E-state index in [4.69, 9.17) is 0 Å². The Morgan fingerprint density at radius 2 is 1.87 bits per heavy atom. The zero-order valence-electron chi connectivity index (χ0n) is 16.5. The fourth-order valence-electron chi connectivity index (χ4n) is 4.83. The Morgan fingerprint density at radius 1 is 1.10 bits per heavy atom. The van der Waals surface area contributed by atoms with Crippen molar-refractivity contribution in [3.8, 4) is 5.75 Å². The van der Waals surface area contributed by atoms with E-state index < -0.39 is 23.3 Å². The van der Waals surface area contributed by atoms with E-state index in [0.29, 0.717) is 22.3 Å². The minimum atomic E-state index is -0.582. The maximum absolute atomic E-state index is 13.1. The summed E-state index contributed by atoms with van der Waals surface area (Å²) >= 11 is 0. The van der Waals surface area contributed by atoms with E-state index in [1.165, 1.54) is 28.6 Å². The van der Waals surface area contributed by atoms with Crippen LogP contribution in [0.4, 0.5) is 0 Å². The fraction of sp³-hybridized carbons (Fsp3) is 0.273. The molecule has 2 heterocycles. The Labute approximate surface area is 170 Å². The van der Waals surface area contributed by atoms with Crippen molar-refractivity contribution in [2.75, 3.05) is 0 Å². The van der Waals surface area contributed by atoms with E-state index >= 15 is 0 Å². The number of Topliss-reactive ketones (excluding diaryl/α,β-unsaturated/α-hetero) is 1. The van der Waals surface area contributed by atoms with Gasteiger partial charge in [0, 0.05) is 36.1 Å². The molecule has 152 valence electrons. The van der Waals surface area contributed by atoms with Gasteiger partial charge in [0.15, 0.2) is 11.6 Å². The molecule has 5 rings (SSSR count). The van der Waals surface area contributed by atoms with E-state index in [1.54, 1.807) is 25.1 Å². The number of phenols is 1. The number of nitrogens with zero attached hydrogens (tertiary/aromatic N) is 3. The van der Waals surface area contributed by atoms with Gasteiger partial charge in [-0.25, -0.2) is 23.5 Å². The molecule has 30 heavy (non-hydrogen) atoms. The summed E-state index contributed by atoms with van der Waals surface area (Å²) in [7, 11) is 1.42. The first-order valence-corrected chi connectivity index (χ1v) is 9.67. The summed E-state index contributed by atoms with van der Waals surface area (Å²) in [5.41, 5.74) is 1.68. The number of ketones is 2. The van der Waals surface area contributed by atoms with Crippen LogP contribution in [-0.2, 0) is 23.2 Å². The summed E-state index contributed by atoms with van der Waals surface area (Å²) in [5.74, 6) is -0.999. The Morgan fingerprint density at radius 3 is 2.60 bits per heavy atom. The number of aromatic nitrogens is 3. The van der Waals surface area contributed by atoms with Gasteiger partial charge in [0.05, 0.1) is 12.6 Å². The number of phenolic OH excluding ortho intramolecular Hbond substituents is 1. The second-order valence-electron chi connectivity index (χ2n) is 7.92. The van der Waals surface area contributed by atoms with E-state index in [2.05, 4.69) is 0 Å². The Bertz CT molecular complexity index is 1360. The molecule has 2 atom stereocenters. The van der Waals surface area contributed by atoms with Crippen molar-refractivity contribution in [2.45, 2.75) is 31.8 Å². The number of aromatic hydroxyl groups is 1. The Kier molecular flexibility index (Phi) is 3.77. The Hall–Kier alpha value is -3.68. The first kappa shape index (κ1) is 18.4. The third-order valence-corrected chi connectivity index (χ3v) is 6.23. The molecule has 0 fully saturated rings. The predicted octanol–water partition coefficient (Wildman–Crippen LogP) is 1.12. The van der Waals surface area contributed by atoms with E-state index in [1.807, 2.05) is 6.08 Å². The zero-order chi connectivity index (χ0) is 21.3. The van der Waals surface area contributed by atoms with Gasteiger partial charge in [0.2, 0.25) is 0 Å². The van der Waals surface area contributed by atoms with Gasteiger partial charge >= 0.3 is 11.4 Å². The van der Waals surface area contributed by atoms with Crippen LogP contribution in [0.3, 0.4) is 0 Å². The molecular weight excluding hydrogens is 386 g/mol. The van der Waals surface area contributed by atoms with Gasteiger partial charge < -0.3 is 5.11 Å². The van der Waals surface area contributed by atoms with Gasteiger partial charge in [0.1, 0.15) is 5.75 Å². The number of allylic oxidation sites excluding steroid dienone is 6. The van der Waals surface area contributed by atoms with Crippen LogP contribution in [0.25, 0.3) is 0 Å². The molecule has 1 aliphatic heterocycles. The van der Waals surface area contributed by atoms with Gasteiger partial charge in [-0.1, -0.05) is 18.2 Å². The standard InChI is InChI=1S/C22H19N3O5/c1-11-8-17(27)15-10-16-14(6-7-24-21(29)23(2)22(30)25(16)24)18(19(15)20(11)28)12-4-3-5-13(26)9-12/h3-6,8-9,16,18,26H,7,10H2,1-2H3/t16-,18+/m1/s1. The summed E-state index contributed by atoms with van der Waals surface area (Å²) < 4.78 is 3.79. The second-order valence-corrected chi connectivity index (χ2v) is 7.92. The fourth-order valence-corrected chi connectivity index (χ4v) is 4.83. The molecule has 2 aliphatic carbocycles. The Balaban J connectivity index is 1.80. The van der Waals surface area contributed by atoms with Crippen molar-refractivity contribution in [3.05, 3.63) is 85.2 Å². The highest BCUT2D eigenvalue weighted by Gasteiger charge is 2.44. The minimum absolute atomic E-state index is 0.0452. The lowest BCUT2D eigenvalue weighted by Gasteiger charge is -2.39. The maximum Gasteiger partial charge on any atom is 0.347 e. The van der Waals surface area contributed by atoms with E-state index in [9.17, 15) is 24.3 Å². The minimum Gasteiger partial charge on any atom is -0.508 e. The van der Waals surface area contributed by atoms with Crippen molar-refractivity contribution < 1.29 is 14.7 Å². The second kappa shape index (κ2) is 6.16. The first-order valence-electron chi connectivity index (χ1n) is 9.67. The van der Waals surface area contributed by atoms with Crippen LogP contribution in [0.15, 0.2) is 68.3 Å². The monoisotopic (exact) mass is 405 g/mol. The number of carbonyl (C=O) groups is 2. The number of rotatable bonds is 1. The lowest BCUT2D eigenvalue weighted by atomic mass is 9.68. The molecule has 0 amide bonds. The molecule has 0 spiro atoms. The topological polar surface area (TPSA) is 103 Å². The molecule has 1 aromatic heterocycles. The molecule has 0 unspecified atom stereocenters. The average molecular weight is 405 g/mol. The SMILES string of the molecule is CC1=CC(=O)C2=C(C1=O)[C@@H](c1cccc(O)c1)C1=CCn3c(=O)n(C)c(=O)n3[C@@H]1C2. The van der Waals surface area contributed by atoms with Crippen LogP contribution in [-0.4, -0.2) is 30.6 Å². The van der Waals surface area contributed by atoms with Crippen molar-refractivity contribution in [3.63, 3.8) is 0 Å². The van der Waals surface area contributed by atoms with E-state index in [-0.39, 0.29) is 30.3 Å². The van der Waals surface area contributed by atoms with Gasteiger partial charge in [-0.2, -0.15) is 0 Å². The number of hydrogen-bond donors (Lipinski definition) is 1. The van der Waals surface area contributed by atoms with Gasteiger partial charge in [-0.3, -0.25) is 9.59 Å². The molecule has 0 radical (unpaired) electrons. The normalized spacial score (nSPS) is 22.9. The molecule has 0 saturated carbocycles. The van der Waals surface area contributed by atoms with Crippen LogP contribution >= 0.6 is 0 Å². The number of benzene rings is 1. The molecule has 3 aliphatic rings. The highest BCUT2D eigenvalue weighted by molar-refractivity contribution is 6.23. The number of hydrogen-bond acceptors (Lipinski definition) is 5. The van der Waals surface area contributed by atoms with Gasteiger partial charge in [-0.05, 0) is 36.3 Å². The highest BCUT2D eigenvalue weighted by atomic mass is 16.3. The van der Waals surface area contributed by atoms with Crippen molar-refractivity contribution in [2.24, 2.45) is 7.05 Å². The summed E-state index contributed by atoms with van der Waals surface area (Å²) in [6.45, 7) is 1.81. The average Bonchev–Trinajstić information content (AvgIpc) is 2.95. The molecule has 2 aromatic rings. The van der Waals surface area contributed by atoms with Crippen LogP contribution in [0, 0.1) is 0 Å². The molecule has 0 bridgehead atoms. The quantitative estimate of drug-likeness (QED) is 0.566. The molecule has 1 N–H and O–H groups in total. The summed E-state index contributed by atoms with van der Waals surface area (Å²) in [4.78, 5) is 51.2. The van der Waals surface area contributed by atoms with E-state index in [0.717, 1.165) is 10.1 Å². The van der Waals surface area contributed by atoms with Crippen LogP contribution in [0.1, 0.15) is 30.9 Å². The van der Waals surface area contributed by atoms with Crippen molar-refractivity contribution >= 4 is 11.6 Å². The van der Waals surface area contributed by atoms with Crippen molar-refractivity contribution in [1.82, 2.24) is 13.9 Å². The number of fused-ring (bicyclic) bond motifs is 3. The maximum atomic E-state index is 13.1. The smallest absolute Gasteiger partial charge is 0.347 e. The summed E-state index contributed by atoms with van der Waals surface area (Å²) in [6.07, 6.45) is 3.35. The molecule has 0 saturated heterocycles. The third-order valence-electron chi connectivity index (χ3n) is 6.23. The summed E-state index contributed by atoms with van der Waals surface area (Å²) in [5, 5.41) is 10.0. The molecule has 1 aromatic carbocycles.